The second-order valence-corrected chi connectivity index (χ2v) is 7.26. The van der Waals surface area contributed by atoms with Crippen LogP contribution in [0.1, 0.15) is 18.4 Å². The molecule has 1 aromatic heterocycles. The molecule has 27 heavy (non-hydrogen) atoms. The number of methoxy groups -OCH3 is 1. The molecule has 143 valence electrons. The van der Waals surface area contributed by atoms with Crippen molar-refractivity contribution < 1.29 is 40.1 Å². The fourth-order valence-electron chi connectivity index (χ4n) is 4.22. The van der Waals surface area contributed by atoms with E-state index in [-0.39, 0.29) is 31.4 Å². The Morgan fingerprint density at radius 3 is 2.37 bits per heavy atom. The van der Waals surface area contributed by atoms with E-state index in [1.165, 1.54) is 30.5 Å². The van der Waals surface area contributed by atoms with Crippen molar-refractivity contribution in [1.29, 1.82) is 0 Å². The summed E-state index contributed by atoms with van der Waals surface area (Å²) in [6.07, 6.45) is 5.65. The quantitative estimate of drug-likeness (QED) is 0.632. The molecule has 2 aromatic rings. The van der Waals surface area contributed by atoms with Crippen molar-refractivity contribution in [2.24, 2.45) is 11.8 Å². The standard InChI is InChI=1S/C16H22NO.C5H3FNO.Sc/c1-17-11-14-9-16(18-2,10-15(14)12-17)8-13-6-4-3-5-7-13;6-5-4(8)2-1-3-7-5;/h3-7,14-15H,1,8-12H2,2H3;1-2,8H;/q2*-1;/t14-,15+,16?;;. The number of aromatic nitrogens is 1. The minimum absolute atomic E-state index is 0. The van der Waals surface area contributed by atoms with Crippen LogP contribution in [-0.4, -0.2) is 40.8 Å². The second-order valence-electron chi connectivity index (χ2n) is 7.26. The van der Waals surface area contributed by atoms with Crippen LogP contribution in [0, 0.1) is 31.0 Å². The van der Waals surface area contributed by atoms with Gasteiger partial charge in [0.25, 0.3) is 0 Å². The first-order valence-electron chi connectivity index (χ1n) is 8.87. The Morgan fingerprint density at radius 2 is 1.89 bits per heavy atom. The van der Waals surface area contributed by atoms with Gasteiger partial charge in [0.2, 0.25) is 0 Å². The fourth-order valence-corrected chi connectivity index (χ4v) is 4.22. The molecule has 1 unspecified atom stereocenters. The average molecular weight is 401 g/mol. The van der Waals surface area contributed by atoms with Gasteiger partial charge < -0.3 is 19.7 Å². The second kappa shape index (κ2) is 9.89. The fraction of sp³-hybridized carbons (Fsp3) is 0.429. The normalized spacial score (nSPS) is 26.6. The molecule has 2 aliphatic rings. The number of aromatic hydroxyl groups is 1. The SMILES string of the molecule is Oc1cc[c-]nc1F.[CH2-]N1C[C@@H]2CC(Cc3ccccc3)(OC)C[C@@H]2C1.[Sc]. The molecule has 1 N–H and O–H groups in total. The van der Waals surface area contributed by atoms with E-state index < -0.39 is 11.7 Å². The third kappa shape index (κ3) is 5.69. The Kier molecular flexibility index (Phi) is 8.13. The molecule has 1 aliphatic heterocycles. The number of ether oxygens (including phenoxy) is 1. The minimum atomic E-state index is -0.882. The third-order valence-corrected chi connectivity index (χ3v) is 5.41. The van der Waals surface area contributed by atoms with Crippen LogP contribution in [0.3, 0.4) is 0 Å². The Labute approximate surface area is 179 Å². The van der Waals surface area contributed by atoms with Gasteiger partial charge in [0.1, 0.15) is 5.95 Å². The smallest absolute Gasteiger partial charge is 0.137 e. The number of nitrogens with zero attached hydrogens (tertiary/aromatic N) is 2. The monoisotopic (exact) mass is 401 g/mol. The molecule has 0 bridgehead atoms. The molecule has 1 aromatic carbocycles. The van der Waals surface area contributed by atoms with Crippen molar-refractivity contribution in [3.05, 3.63) is 67.2 Å². The number of likely N-dealkylation sites (tertiary alicyclic amines) is 1. The van der Waals surface area contributed by atoms with E-state index >= 15 is 0 Å². The zero-order chi connectivity index (χ0) is 18.6. The van der Waals surface area contributed by atoms with Crippen LogP contribution in [0.4, 0.5) is 4.39 Å². The van der Waals surface area contributed by atoms with Gasteiger partial charge in [-0.3, -0.25) is 11.4 Å². The number of halogens is 1. The van der Waals surface area contributed by atoms with Crippen molar-refractivity contribution in [3.63, 3.8) is 0 Å². The number of pyridine rings is 1. The summed E-state index contributed by atoms with van der Waals surface area (Å²) < 4.78 is 17.9. The summed E-state index contributed by atoms with van der Waals surface area (Å²) in [5.74, 6) is 0.244. The molecule has 0 spiro atoms. The van der Waals surface area contributed by atoms with E-state index in [0.717, 1.165) is 31.3 Å². The molecule has 1 radical (unpaired) electrons. The molecular formula is C21H25FN2O2Sc-2. The van der Waals surface area contributed by atoms with Crippen LogP contribution in [0.15, 0.2) is 42.5 Å². The van der Waals surface area contributed by atoms with E-state index in [2.05, 4.69) is 53.5 Å². The van der Waals surface area contributed by atoms with E-state index in [1.54, 1.807) is 0 Å². The molecule has 1 saturated heterocycles. The van der Waals surface area contributed by atoms with Gasteiger partial charge >= 0.3 is 0 Å². The first-order valence-corrected chi connectivity index (χ1v) is 8.87. The Morgan fingerprint density at radius 1 is 1.26 bits per heavy atom. The zero-order valence-electron chi connectivity index (χ0n) is 15.6. The minimum Gasteiger partial charge on any atom is -0.529 e. The third-order valence-electron chi connectivity index (χ3n) is 5.41. The molecule has 4 rings (SSSR count). The Bertz CT molecular complexity index is 681. The number of rotatable bonds is 3. The molecule has 6 heteroatoms. The summed E-state index contributed by atoms with van der Waals surface area (Å²) in [5.41, 5.74) is 1.46. The van der Waals surface area contributed by atoms with Gasteiger partial charge in [-0.15, -0.1) is 6.07 Å². The van der Waals surface area contributed by atoms with E-state index in [0.29, 0.717) is 0 Å². The van der Waals surface area contributed by atoms with Crippen LogP contribution < -0.4 is 0 Å². The van der Waals surface area contributed by atoms with E-state index in [9.17, 15) is 4.39 Å². The summed E-state index contributed by atoms with van der Waals surface area (Å²) in [5, 5.41) is 8.46. The van der Waals surface area contributed by atoms with Crippen LogP contribution in [0.5, 0.6) is 5.75 Å². The van der Waals surface area contributed by atoms with Crippen molar-refractivity contribution >= 4 is 0 Å². The Hall–Kier alpha value is -1.11. The van der Waals surface area contributed by atoms with Gasteiger partial charge in [-0.2, -0.15) is 6.07 Å². The van der Waals surface area contributed by atoms with E-state index in [1.807, 2.05) is 7.11 Å². The molecule has 2 heterocycles. The van der Waals surface area contributed by atoms with Crippen molar-refractivity contribution in [2.75, 3.05) is 20.2 Å². The maximum absolute atomic E-state index is 11.9. The maximum Gasteiger partial charge on any atom is 0.137 e. The topological polar surface area (TPSA) is 45.6 Å². The molecule has 1 aliphatic carbocycles. The van der Waals surface area contributed by atoms with Crippen LogP contribution in [0.2, 0.25) is 0 Å². The van der Waals surface area contributed by atoms with Crippen LogP contribution in [-0.2, 0) is 37.0 Å². The van der Waals surface area contributed by atoms with Gasteiger partial charge in [-0.05, 0) is 43.3 Å². The molecule has 4 nitrogen and oxygen atoms in total. The number of hydrogen-bond acceptors (Lipinski definition) is 4. The predicted molar refractivity (Wildman–Crippen MR) is 97.7 cm³/mol. The summed E-state index contributed by atoms with van der Waals surface area (Å²) in [4.78, 5) is 5.26. The zero-order valence-corrected chi connectivity index (χ0v) is 17.4. The van der Waals surface area contributed by atoms with E-state index in [4.69, 9.17) is 9.84 Å². The van der Waals surface area contributed by atoms with Gasteiger partial charge in [-0.1, -0.05) is 36.5 Å². The average Bonchev–Trinajstić information content (AvgIpc) is 3.13. The van der Waals surface area contributed by atoms with Crippen molar-refractivity contribution in [3.8, 4) is 5.75 Å². The van der Waals surface area contributed by atoms with Crippen LogP contribution >= 0.6 is 0 Å². The van der Waals surface area contributed by atoms with Gasteiger partial charge in [0.05, 0.1) is 11.4 Å². The summed E-state index contributed by atoms with van der Waals surface area (Å²) in [6.45, 7) is 2.29. The van der Waals surface area contributed by atoms with Crippen LogP contribution in [0.25, 0.3) is 0 Å². The first kappa shape index (κ1) is 22.2. The molecular weight excluding hydrogens is 376 g/mol. The number of hydrogen-bond donors (Lipinski definition) is 1. The van der Waals surface area contributed by atoms with Gasteiger partial charge in [-0.25, -0.2) is 0 Å². The van der Waals surface area contributed by atoms with Crippen molar-refractivity contribution in [2.45, 2.75) is 24.9 Å². The predicted octanol–water partition coefficient (Wildman–Crippen LogP) is 3.47. The summed E-state index contributed by atoms with van der Waals surface area (Å²) in [7, 11) is 5.95. The largest absolute Gasteiger partial charge is 0.529 e. The summed E-state index contributed by atoms with van der Waals surface area (Å²) >= 11 is 0. The summed E-state index contributed by atoms with van der Waals surface area (Å²) in [6, 6.07) is 13.2. The van der Waals surface area contributed by atoms with Gasteiger partial charge in [0, 0.05) is 39.4 Å². The number of benzene rings is 1. The molecule has 0 amide bonds. The Balaban J connectivity index is 0.000000247. The molecule has 3 atom stereocenters. The molecule has 2 fully saturated rings. The van der Waals surface area contributed by atoms with Crippen molar-refractivity contribution in [1.82, 2.24) is 9.88 Å². The molecule has 1 saturated carbocycles. The number of fused-ring (bicyclic) bond motifs is 1. The maximum atomic E-state index is 11.9. The first-order chi connectivity index (χ1) is 12.5. The van der Waals surface area contributed by atoms with Gasteiger partial charge in [0.15, 0.2) is 0 Å².